The zero-order valence-corrected chi connectivity index (χ0v) is 15.6. The van der Waals surface area contributed by atoms with Gasteiger partial charge in [0, 0.05) is 36.3 Å². The molecule has 1 N–H and O–H groups in total. The van der Waals surface area contributed by atoms with E-state index in [9.17, 15) is 9.59 Å². The van der Waals surface area contributed by atoms with E-state index in [4.69, 9.17) is 9.47 Å². The highest BCUT2D eigenvalue weighted by Gasteiger charge is 2.28. The summed E-state index contributed by atoms with van der Waals surface area (Å²) in [6, 6.07) is 14.4. The second kappa shape index (κ2) is 8.58. The van der Waals surface area contributed by atoms with Crippen LogP contribution in [0.3, 0.4) is 0 Å². The van der Waals surface area contributed by atoms with Gasteiger partial charge in [0.1, 0.15) is 11.5 Å². The summed E-state index contributed by atoms with van der Waals surface area (Å²) in [6.45, 7) is 1.14. The Morgan fingerprint density at radius 2 is 1.63 bits per heavy atom. The van der Waals surface area contributed by atoms with Crippen LogP contribution in [0.1, 0.15) is 23.2 Å². The maximum atomic E-state index is 12.6. The molecule has 0 saturated carbocycles. The van der Waals surface area contributed by atoms with Crippen LogP contribution in [0.5, 0.6) is 11.5 Å². The molecule has 1 saturated heterocycles. The molecule has 6 nitrogen and oxygen atoms in total. The number of hydrogen-bond donors (Lipinski definition) is 1. The molecule has 0 radical (unpaired) electrons. The number of likely N-dealkylation sites (tertiary alicyclic amines) is 1. The number of rotatable bonds is 5. The summed E-state index contributed by atoms with van der Waals surface area (Å²) >= 11 is 0. The number of nitrogens with zero attached hydrogens (tertiary/aromatic N) is 1. The molecular formula is C21H24N2O4. The number of benzene rings is 2. The van der Waals surface area contributed by atoms with Crippen molar-refractivity contribution in [1.82, 2.24) is 4.90 Å². The number of methoxy groups -OCH3 is 2. The lowest BCUT2D eigenvalue weighted by atomic mass is 9.95. The lowest BCUT2D eigenvalue weighted by Crippen LogP contribution is -2.41. The van der Waals surface area contributed by atoms with Gasteiger partial charge >= 0.3 is 0 Å². The molecule has 1 aliphatic rings. The fourth-order valence-electron chi connectivity index (χ4n) is 3.21. The average Bonchev–Trinajstić information content (AvgIpc) is 2.73. The fraction of sp³-hybridized carbons (Fsp3) is 0.333. The smallest absolute Gasteiger partial charge is 0.253 e. The zero-order chi connectivity index (χ0) is 19.2. The van der Waals surface area contributed by atoms with Crippen LogP contribution >= 0.6 is 0 Å². The van der Waals surface area contributed by atoms with Gasteiger partial charge in [0.15, 0.2) is 0 Å². The third-order valence-electron chi connectivity index (χ3n) is 4.83. The van der Waals surface area contributed by atoms with Crippen LogP contribution in [0.4, 0.5) is 5.69 Å². The van der Waals surface area contributed by atoms with Crippen molar-refractivity contribution in [3.8, 4) is 11.5 Å². The number of amides is 2. The predicted octanol–water partition coefficient (Wildman–Crippen LogP) is 3.19. The number of hydrogen-bond acceptors (Lipinski definition) is 4. The van der Waals surface area contributed by atoms with Crippen molar-refractivity contribution in [2.75, 3.05) is 32.6 Å². The Labute approximate surface area is 159 Å². The molecule has 6 heteroatoms. The molecule has 0 spiro atoms. The van der Waals surface area contributed by atoms with Gasteiger partial charge in [-0.05, 0) is 49.2 Å². The van der Waals surface area contributed by atoms with Gasteiger partial charge in [-0.3, -0.25) is 9.59 Å². The van der Waals surface area contributed by atoms with Crippen LogP contribution in [0.15, 0.2) is 48.5 Å². The fourth-order valence-corrected chi connectivity index (χ4v) is 3.21. The summed E-state index contributed by atoms with van der Waals surface area (Å²) < 4.78 is 10.3. The van der Waals surface area contributed by atoms with Crippen molar-refractivity contribution in [1.29, 1.82) is 0 Å². The van der Waals surface area contributed by atoms with E-state index in [0.29, 0.717) is 37.2 Å². The summed E-state index contributed by atoms with van der Waals surface area (Å²) in [4.78, 5) is 26.9. The Morgan fingerprint density at radius 1 is 0.963 bits per heavy atom. The number of carbonyl (C=O) groups is 2. The van der Waals surface area contributed by atoms with E-state index in [1.807, 2.05) is 18.2 Å². The van der Waals surface area contributed by atoms with Crippen LogP contribution in [0.25, 0.3) is 0 Å². The van der Waals surface area contributed by atoms with Crippen molar-refractivity contribution < 1.29 is 19.1 Å². The van der Waals surface area contributed by atoms with Gasteiger partial charge in [0.25, 0.3) is 5.91 Å². The van der Waals surface area contributed by atoms with Crippen molar-refractivity contribution >= 4 is 17.5 Å². The number of piperidine rings is 1. The lowest BCUT2D eigenvalue weighted by molar-refractivity contribution is -0.121. The van der Waals surface area contributed by atoms with Crippen molar-refractivity contribution in [3.05, 3.63) is 54.1 Å². The number of ether oxygens (including phenoxy) is 2. The molecule has 27 heavy (non-hydrogen) atoms. The summed E-state index contributed by atoms with van der Waals surface area (Å²) in [5, 5.41) is 2.94. The van der Waals surface area contributed by atoms with E-state index < -0.39 is 0 Å². The topological polar surface area (TPSA) is 67.9 Å². The Hall–Kier alpha value is -3.02. The molecule has 142 valence electrons. The second-order valence-corrected chi connectivity index (χ2v) is 6.52. The molecule has 0 aromatic heterocycles. The molecule has 0 unspecified atom stereocenters. The third-order valence-corrected chi connectivity index (χ3v) is 4.83. The van der Waals surface area contributed by atoms with Gasteiger partial charge in [-0.15, -0.1) is 0 Å². The highest BCUT2D eigenvalue weighted by Crippen LogP contribution is 2.23. The minimum Gasteiger partial charge on any atom is -0.497 e. The normalized spacial score (nSPS) is 14.5. The number of anilines is 1. The highest BCUT2D eigenvalue weighted by atomic mass is 16.5. The molecule has 2 aromatic rings. The molecule has 2 amide bonds. The Bertz CT molecular complexity index is 796. The van der Waals surface area contributed by atoms with Crippen molar-refractivity contribution in [2.24, 2.45) is 5.92 Å². The monoisotopic (exact) mass is 368 g/mol. The van der Waals surface area contributed by atoms with Crippen LogP contribution in [-0.2, 0) is 4.79 Å². The van der Waals surface area contributed by atoms with Crippen LogP contribution in [-0.4, -0.2) is 44.0 Å². The molecule has 1 aliphatic heterocycles. The molecule has 1 heterocycles. The molecule has 0 bridgehead atoms. The second-order valence-electron chi connectivity index (χ2n) is 6.52. The quantitative estimate of drug-likeness (QED) is 0.880. The van der Waals surface area contributed by atoms with E-state index in [1.165, 1.54) is 0 Å². The minimum atomic E-state index is -0.101. The van der Waals surface area contributed by atoms with Crippen molar-refractivity contribution in [3.63, 3.8) is 0 Å². The van der Waals surface area contributed by atoms with Gasteiger partial charge in [0.05, 0.1) is 14.2 Å². The third kappa shape index (κ3) is 4.58. The zero-order valence-electron chi connectivity index (χ0n) is 15.6. The van der Waals surface area contributed by atoms with Crippen LogP contribution < -0.4 is 14.8 Å². The average molecular weight is 368 g/mol. The molecule has 1 fully saturated rings. The SMILES string of the molecule is COc1ccc(C(=O)N2CCC(C(=O)Nc3cccc(OC)c3)CC2)cc1. The number of carbonyl (C=O) groups excluding carboxylic acids is 2. The number of nitrogens with one attached hydrogen (secondary N) is 1. The summed E-state index contributed by atoms with van der Waals surface area (Å²) in [6.07, 6.45) is 1.30. The van der Waals surface area contributed by atoms with Gasteiger partial charge < -0.3 is 19.7 Å². The first-order valence-corrected chi connectivity index (χ1v) is 8.99. The molecular weight excluding hydrogens is 344 g/mol. The first-order valence-electron chi connectivity index (χ1n) is 8.99. The van der Waals surface area contributed by atoms with Crippen LogP contribution in [0.2, 0.25) is 0 Å². The molecule has 2 aromatic carbocycles. The molecule has 3 rings (SSSR count). The van der Waals surface area contributed by atoms with E-state index in [2.05, 4.69) is 5.32 Å². The van der Waals surface area contributed by atoms with Crippen LogP contribution in [0, 0.1) is 5.92 Å². The van der Waals surface area contributed by atoms with E-state index in [1.54, 1.807) is 49.5 Å². The largest absolute Gasteiger partial charge is 0.497 e. The Morgan fingerprint density at radius 3 is 2.26 bits per heavy atom. The maximum absolute atomic E-state index is 12.6. The Kier molecular flexibility index (Phi) is 5.96. The van der Waals surface area contributed by atoms with Gasteiger partial charge in [-0.2, -0.15) is 0 Å². The summed E-state index contributed by atoms with van der Waals surface area (Å²) in [5.74, 6) is 1.30. The molecule has 0 atom stereocenters. The lowest BCUT2D eigenvalue weighted by Gasteiger charge is -2.31. The summed E-state index contributed by atoms with van der Waals surface area (Å²) in [5.41, 5.74) is 1.35. The molecule has 0 aliphatic carbocycles. The van der Waals surface area contributed by atoms with E-state index in [0.717, 1.165) is 11.4 Å². The maximum Gasteiger partial charge on any atom is 0.253 e. The predicted molar refractivity (Wildman–Crippen MR) is 103 cm³/mol. The first-order chi connectivity index (χ1) is 13.1. The minimum absolute atomic E-state index is 0.00990. The Balaban J connectivity index is 1.54. The van der Waals surface area contributed by atoms with E-state index >= 15 is 0 Å². The van der Waals surface area contributed by atoms with Gasteiger partial charge in [0.2, 0.25) is 5.91 Å². The van der Waals surface area contributed by atoms with Gasteiger partial charge in [-0.25, -0.2) is 0 Å². The van der Waals surface area contributed by atoms with Crippen molar-refractivity contribution in [2.45, 2.75) is 12.8 Å². The first kappa shape index (κ1) is 18.8. The summed E-state index contributed by atoms with van der Waals surface area (Å²) in [7, 11) is 3.19. The standard InChI is InChI=1S/C21H24N2O4/c1-26-18-8-6-16(7-9-18)21(25)23-12-10-15(11-13-23)20(24)22-17-4-3-5-19(14-17)27-2/h3-9,14-15H,10-13H2,1-2H3,(H,22,24). The highest BCUT2D eigenvalue weighted by molar-refractivity contribution is 5.95. The van der Waals surface area contributed by atoms with Gasteiger partial charge in [-0.1, -0.05) is 6.07 Å². The van der Waals surface area contributed by atoms with E-state index in [-0.39, 0.29) is 17.7 Å².